The molecule has 0 saturated heterocycles. The zero-order valence-electron chi connectivity index (χ0n) is 21.0. The van der Waals surface area contributed by atoms with Crippen LogP contribution >= 0.6 is 0 Å². The van der Waals surface area contributed by atoms with Crippen molar-refractivity contribution in [2.24, 2.45) is 0 Å². The van der Waals surface area contributed by atoms with Crippen LogP contribution in [-0.2, 0) is 23.7 Å². The molecule has 0 aromatic rings. The van der Waals surface area contributed by atoms with Gasteiger partial charge in [-0.3, -0.25) is 4.79 Å². The molecule has 0 saturated carbocycles. The van der Waals surface area contributed by atoms with Crippen molar-refractivity contribution in [2.75, 3.05) is 39.6 Å². The summed E-state index contributed by atoms with van der Waals surface area (Å²) in [6.07, 6.45) is 17.6. The fourth-order valence-corrected chi connectivity index (χ4v) is 3.40. The number of carbonyl (C=O) groups excluding carboxylic acids is 1. The van der Waals surface area contributed by atoms with E-state index in [-0.39, 0.29) is 12.1 Å². The molecule has 0 amide bonds. The summed E-state index contributed by atoms with van der Waals surface area (Å²) < 4.78 is 22.0. The van der Waals surface area contributed by atoms with Crippen LogP contribution < -0.4 is 0 Å². The standard InChI is InChI=1S/C26H52O5/c1-4-6-8-9-10-11-12-13-15-19-28-21-23-30-24-22-29-20-16-18-26(27)31-25(3)17-14-7-5-2/h25H,4-24H2,1-3H3. The molecule has 1 atom stereocenters. The summed E-state index contributed by atoms with van der Waals surface area (Å²) in [4.78, 5) is 11.8. The first-order valence-electron chi connectivity index (χ1n) is 13.1. The third-order valence-electron chi connectivity index (χ3n) is 5.35. The molecule has 0 aromatic heterocycles. The van der Waals surface area contributed by atoms with Gasteiger partial charge in [0.25, 0.3) is 0 Å². The lowest BCUT2D eigenvalue weighted by atomic mass is 10.1. The predicted molar refractivity (Wildman–Crippen MR) is 129 cm³/mol. The maximum absolute atomic E-state index is 11.8. The van der Waals surface area contributed by atoms with E-state index in [2.05, 4.69) is 13.8 Å². The number of rotatable bonds is 25. The van der Waals surface area contributed by atoms with Crippen LogP contribution in [0.3, 0.4) is 0 Å². The van der Waals surface area contributed by atoms with Gasteiger partial charge < -0.3 is 18.9 Å². The Balaban J connectivity index is 3.17. The van der Waals surface area contributed by atoms with Crippen LogP contribution in [0.5, 0.6) is 0 Å². The van der Waals surface area contributed by atoms with Crippen molar-refractivity contribution in [1.82, 2.24) is 0 Å². The minimum absolute atomic E-state index is 0.0240. The van der Waals surface area contributed by atoms with E-state index in [1.807, 2.05) is 6.92 Å². The summed E-state index contributed by atoms with van der Waals surface area (Å²) in [5.74, 6) is -0.118. The van der Waals surface area contributed by atoms with Crippen LogP contribution in [0.15, 0.2) is 0 Å². The van der Waals surface area contributed by atoms with Crippen LogP contribution in [-0.4, -0.2) is 51.7 Å². The molecule has 0 heterocycles. The Hall–Kier alpha value is -0.650. The summed E-state index contributed by atoms with van der Waals surface area (Å²) in [6, 6.07) is 0. The van der Waals surface area contributed by atoms with E-state index in [4.69, 9.17) is 18.9 Å². The highest BCUT2D eigenvalue weighted by atomic mass is 16.5. The van der Waals surface area contributed by atoms with Gasteiger partial charge >= 0.3 is 5.97 Å². The molecule has 0 rings (SSSR count). The van der Waals surface area contributed by atoms with Crippen LogP contribution in [0.2, 0.25) is 0 Å². The Kier molecular flexibility index (Phi) is 25.1. The first kappa shape index (κ1) is 30.4. The molecule has 0 aliphatic rings. The van der Waals surface area contributed by atoms with E-state index in [9.17, 15) is 4.79 Å². The molecule has 31 heavy (non-hydrogen) atoms. The molecule has 186 valence electrons. The minimum atomic E-state index is -0.118. The van der Waals surface area contributed by atoms with Gasteiger partial charge in [0.05, 0.1) is 32.5 Å². The second kappa shape index (κ2) is 25.6. The lowest BCUT2D eigenvalue weighted by molar-refractivity contribution is -0.149. The number of unbranched alkanes of at least 4 members (excludes halogenated alkanes) is 10. The summed E-state index contributed by atoms with van der Waals surface area (Å²) >= 11 is 0. The van der Waals surface area contributed by atoms with E-state index in [0.29, 0.717) is 45.9 Å². The van der Waals surface area contributed by atoms with Crippen molar-refractivity contribution >= 4 is 5.97 Å². The van der Waals surface area contributed by atoms with E-state index in [0.717, 1.165) is 25.9 Å². The van der Waals surface area contributed by atoms with Gasteiger partial charge in [-0.2, -0.15) is 0 Å². The lowest BCUT2D eigenvalue weighted by Gasteiger charge is -2.13. The smallest absolute Gasteiger partial charge is 0.306 e. The first-order chi connectivity index (χ1) is 15.2. The van der Waals surface area contributed by atoms with Gasteiger partial charge in [-0.05, 0) is 32.6 Å². The first-order valence-corrected chi connectivity index (χ1v) is 13.1. The molecular weight excluding hydrogens is 392 g/mol. The zero-order valence-corrected chi connectivity index (χ0v) is 21.0. The highest BCUT2D eigenvalue weighted by molar-refractivity contribution is 5.69. The van der Waals surface area contributed by atoms with Crippen LogP contribution in [0, 0.1) is 0 Å². The number of ether oxygens (including phenoxy) is 4. The second-order valence-corrected chi connectivity index (χ2v) is 8.57. The summed E-state index contributed by atoms with van der Waals surface area (Å²) in [5.41, 5.74) is 0. The van der Waals surface area contributed by atoms with Gasteiger partial charge in [-0.15, -0.1) is 0 Å². The highest BCUT2D eigenvalue weighted by Gasteiger charge is 2.08. The lowest BCUT2D eigenvalue weighted by Crippen LogP contribution is -2.15. The van der Waals surface area contributed by atoms with Crippen LogP contribution in [0.4, 0.5) is 0 Å². The summed E-state index contributed by atoms with van der Waals surface area (Å²) in [7, 11) is 0. The molecule has 0 aromatic carbocycles. The number of carbonyl (C=O) groups is 1. The molecule has 0 spiro atoms. The second-order valence-electron chi connectivity index (χ2n) is 8.57. The van der Waals surface area contributed by atoms with Gasteiger partial charge in [0.15, 0.2) is 0 Å². The zero-order chi connectivity index (χ0) is 22.8. The molecule has 5 nitrogen and oxygen atoms in total. The largest absolute Gasteiger partial charge is 0.463 e. The molecular formula is C26H52O5. The van der Waals surface area contributed by atoms with Gasteiger partial charge in [0.1, 0.15) is 0 Å². The molecule has 5 heteroatoms. The van der Waals surface area contributed by atoms with Gasteiger partial charge in [0.2, 0.25) is 0 Å². The number of hydrogen-bond donors (Lipinski definition) is 0. The van der Waals surface area contributed by atoms with E-state index < -0.39 is 0 Å². The van der Waals surface area contributed by atoms with Crippen molar-refractivity contribution in [2.45, 2.75) is 123 Å². The summed E-state index contributed by atoms with van der Waals surface area (Å²) in [6.45, 7) is 10.2. The van der Waals surface area contributed by atoms with Crippen molar-refractivity contribution in [1.29, 1.82) is 0 Å². The normalized spacial score (nSPS) is 12.2. The Morgan fingerprint density at radius 2 is 1.03 bits per heavy atom. The van der Waals surface area contributed by atoms with Crippen molar-refractivity contribution in [3.63, 3.8) is 0 Å². The Labute approximate surface area is 192 Å². The highest BCUT2D eigenvalue weighted by Crippen LogP contribution is 2.10. The molecule has 1 unspecified atom stereocenters. The molecule has 0 aliphatic carbocycles. The van der Waals surface area contributed by atoms with Crippen molar-refractivity contribution in [3.8, 4) is 0 Å². The Bertz CT molecular complexity index is 362. The minimum Gasteiger partial charge on any atom is -0.463 e. The average Bonchev–Trinajstić information content (AvgIpc) is 2.75. The third kappa shape index (κ3) is 25.5. The molecule has 0 fully saturated rings. The van der Waals surface area contributed by atoms with Gasteiger partial charge in [-0.1, -0.05) is 78.1 Å². The topological polar surface area (TPSA) is 54.0 Å². The van der Waals surface area contributed by atoms with Crippen molar-refractivity contribution < 1.29 is 23.7 Å². The van der Waals surface area contributed by atoms with E-state index >= 15 is 0 Å². The Morgan fingerprint density at radius 3 is 1.61 bits per heavy atom. The Morgan fingerprint density at radius 1 is 0.581 bits per heavy atom. The number of esters is 1. The van der Waals surface area contributed by atoms with Crippen molar-refractivity contribution in [3.05, 3.63) is 0 Å². The molecule has 0 radical (unpaired) electrons. The van der Waals surface area contributed by atoms with Crippen LogP contribution in [0.25, 0.3) is 0 Å². The summed E-state index contributed by atoms with van der Waals surface area (Å²) in [5, 5.41) is 0. The monoisotopic (exact) mass is 444 g/mol. The van der Waals surface area contributed by atoms with Gasteiger partial charge in [0, 0.05) is 19.6 Å². The maximum Gasteiger partial charge on any atom is 0.306 e. The van der Waals surface area contributed by atoms with Gasteiger partial charge in [-0.25, -0.2) is 0 Å². The fraction of sp³-hybridized carbons (Fsp3) is 0.962. The SMILES string of the molecule is CCCCCCCCCCCOCCOCCOCCCC(=O)OC(C)CCCCC. The van der Waals surface area contributed by atoms with E-state index in [1.54, 1.807) is 0 Å². The molecule has 0 N–H and O–H groups in total. The third-order valence-corrected chi connectivity index (χ3v) is 5.35. The van der Waals surface area contributed by atoms with Crippen LogP contribution in [0.1, 0.15) is 117 Å². The molecule has 0 aliphatic heterocycles. The predicted octanol–water partition coefficient (Wildman–Crippen LogP) is 6.86. The number of hydrogen-bond acceptors (Lipinski definition) is 5. The fourth-order valence-electron chi connectivity index (χ4n) is 3.40. The van der Waals surface area contributed by atoms with E-state index in [1.165, 1.54) is 64.2 Å². The molecule has 0 bridgehead atoms. The average molecular weight is 445 g/mol. The maximum atomic E-state index is 11.8. The quantitative estimate of drug-likeness (QED) is 0.114.